The molecule has 3 N–H and O–H groups in total. The van der Waals surface area contributed by atoms with E-state index in [1.165, 1.54) is 6.26 Å². The van der Waals surface area contributed by atoms with E-state index in [1.807, 2.05) is 0 Å². The van der Waals surface area contributed by atoms with E-state index in [4.69, 9.17) is 10.2 Å². The van der Waals surface area contributed by atoms with E-state index < -0.39 is 6.10 Å². The van der Waals surface area contributed by atoms with Crippen molar-refractivity contribution in [2.45, 2.75) is 12.5 Å². The van der Waals surface area contributed by atoms with Crippen molar-refractivity contribution in [3.63, 3.8) is 0 Å². The molecule has 0 radical (unpaired) electrons. The molecule has 0 aliphatic rings. The standard InChI is InChI=1S/C7H10BrNO2/c8-5-3-7(11-4-5)6(10)1-2-9/h3-4,6,10H,1-2,9H2/t6-/m0/s1. The molecule has 0 bridgehead atoms. The molecule has 0 saturated carbocycles. The highest BCUT2D eigenvalue weighted by Crippen LogP contribution is 2.21. The summed E-state index contributed by atoms with van der Waals surface area (Å²) in [5.41, 5.74) is 5.26. The smallest absolute Gasteiger partial charge is 0.133 e. The third kappa shape index (κ3) is 2.32. The number of aliphatic hydroxyl groups is 1. The molecule has 1 aromatic heterocycles. The second-order valence-electron chi connectivity index (χ2n) is 2.26. The molecular formula is C7H10BrNO2. The van der Waals surface area contributed by atoms with E-state index in [0.717, 1.165) is 4.47 Å². The van der Waals surface area contributed by atoms with Crippen LogP contribution < -0.4 is 5.73 Å². The predicted octanol–water partition coefficient (Wildman–Crippen LogP) is 1.42. The molecule has 0 amide bonds. The zero-order chi connectivity index (χ0) is 8.27. The summed E-state index contributed by atoms with van der Waals surface area (Å²) in [6.45, 7) is 0.458. The Morgan fingerprint density at radius 2 is 2.45 bits per heavy atom. The molecule has 0 aliphatic carbocycles. The molecule has 0 unspecified atom stereocenters. The SMILES string of the molecule is NCC[C@H](O)c1cc(Br)co1. The normalized spacial score (nSPS) is 13.4. The molecule has 62 valence electrons. The van der Waals surface area contributed by atoms with Crippen molar-refractivity contribution in [1.29, 1.82) is 0 Å². The van der Waals surface area contributed by atoms with Crippen LogP contribution in [0.15, 0.2) is 21.2 Å². The Hall–Kier alpha value is -0.320. The van der Waals surface area contributed by atoms with Gasteiger partial charge in [-0.1, -0.05) is 0 Å². The third-order valence-electron chi connectivity index (χ3n) is 1.36. The van der Waals surface area contributed by atoms with Crippen molar-refractivity contribution < 1.29 is 9.52 Å². The Balaban J connectivity index is 2.60. The minimum atomic E-state index is -0.578. The van der Waals surface area contributed by atoms with Gasteiger partial charge in [-0.25, -0.2) is 0 Å². The lowest BCUT2D eigenvalue weighted by Crippen LogP contribution is -2.05. The van der Waals surface area contributed by atoms with Crippen LogP contribution in [0.1, 0.15) is 18.3 Å². The number of aliphatic hydroxyl groups excluding tert-OH is 1. The first-order chi connectivity index (χ1) is 5.24. The number of hydrogen-bond acceptors (Lipinski definition) is 3. The largest absolute Gasteiger partial charge is 0.465 e. The minimum Gasteiger partial charge on any atom is -0.465 e. The zero-order valence-corrected chi connectivity index (χ0v) is 7.54. The van der Waals surface area contributed by atoms with E-state index in [-0.39, 0.29) is 0 Å². The van der Waals surface area contributed by atoms with E-state index >= 15 is 0 Å². The fraction of sp³-hybridized carbons (Fsp3) is 0.429. The minimum absolute atomic E-state index is 0.458. The average molecular weight is 220 g/mol. The monoisotopic (exact) mass is 219 g/mol. The molecule has 0 spiro atoms. The average Bonchev–Trinajstić information content (AvgIpc) is 2.36. The lowest BCUT2D eigenvalue weighted by Gasteiger charge is -2.03. The number of hydrogen-bond donors (Lipinski definition) is 2. The van der Waals surface area contributed by atoms with Gasteiger partial charge in [-0.3, -0.25) is 0 Å². The molecule has 1 rings (SSSR count). The maximum atomic E-state index is 9.34. The van der Waals surface area contributed by atoms with Crippen LogP contribution in [0.5, 0.6) is 0 Å². The first-order valence-electron chi connectivity index (χ1n) is 3.36. The van der Waals surface area contributed by atoms with Gasteiger partial charge in [0.05, 0.1) is 4.47 Å². The van der Waals surface area contributed by atoms with Gasteiger partial charge in [-0.05, 0) is 35.0 Å². The molecule has 1 heterocycles. The van der Waals surface area contributed by atoms with Crippen molar-refractivity contribution in [1.82, 2.24) is 0 Å². The molecule has 1 atom stereocenters. The summed E-state index contributed by atoms with van der Waals surface area (Å²) in [4.78, 5) is 0. The molecule has 1 aromatic rings. The summed E-state index contributed by atoms with van der Waals surface area (Å²) in [7, 11) is 0. The lowest BCUT2D eigenvalue weighted by atomic mass is 10.2. The van der Waals surface area contributed by atoms with E-state index in [9.17, 15) is 5.11 Å². The van der Waals surface area contributed by atoms with Gasteiger partial charge in [0.2, 0.25) is 0 Å². The van der Waals surface area contributed by atoms with Crippen molar-refractivity contribution in [2.24, 2.45) is 5.73 Å². The van der Waals surface area contributed by atoms with Gasteiger partial charge in [0.15, 0.2) is 0 Å². The van der Waals surface area contributed by atoms with Crippen molar-refractivity contribution in [3.05, 3.63) is 22.6 Å². The van der Waals surface area contributed by atoms with Crippen LogP contribution in [-0.2, 0) is 0 Å². The quantitative estimate of drug-likeness (QED) is 0.809. The second-order valence-corrected chi connectivity index (χ2v) is 3.18. The second kappa shape index (κ2) is 3.90. The highest BCUT2D eigenvalue weighted by atomic mass is 79.9. The van der Waals surface area contributed by atoms with Crippen molar-refractivity contribution >= 4 is 15.9 Å². The summed E-state index contributed by atoms with van der Waals surface area (Å²) >= 11 is 3.22. The molecular weight excluding hydrogens is 210 g/mol. The van der Waals surface area contributed by atoms with Crippen LogP contribution in [-0.4, -0.2) is 11.7 Å². The summed E-state index contributed by atoms with van der Waals surface area (Å²) in [5.74, 6) is 0.558. The number of furan rings is 1. The predicted molar refractivity (Wildman–Crippen MR) is 45.0 cm³/mol. The summed E-state index contributed by atoms with van der Waals surface area (Å²) < 4.78 is 5.86. The summed E-state index contributed by atoms with van der Waals surface area (Å²) in [6, 6.07) is 1.74. The topological polar surface area (TPSA) is 59.4 Å². The van der Waals surface area contributed by atoms with Crippen LogP contribution in [0.25, 0.3) is 0 Å². The first-order valence-corrected chi connectivity index (χ1v) is 4.15. The third-order valence-corrected chi connectivity index (χ3v) is 1.77. The fourth-order valence-corrected chi connectivity index (χ4v) is 1.12. The molecule has 4 heteroatoms. The van der Waals surface area contributed by atoms with E-state index in [0.29, 0.717) is 18.7 Å². The lowest BCUT2D eigenvalue weighted by molar-refractivity contribution is 0.143. The van der Waals surface area contributed by atoms with Crippen LogP contribution in [0.3, 0.4) is 0 Å². The Bertz CT molecular complexity index is 224. The number of nitrogens with two attached hydrogens (primary N) is 1. The highest BCUT2D eigenvalue weighted by molar-refractivity contribution is 9.10. The maximum Gasteiger partial charge on any atom is 0.133 e. The Morgan fingerprint density at radius 1 is 1.73 bits per heavy atom. The molecule has 0 saturated heterocycles. The van der Waals surface area contributed by atoms with Gasteiger partial charge in [0.25, 0.3) is 0 Å². The fourth-order valence-electron chi connectivity index (χ4n) is 0.803. The van der Waals surface area contributed by atoms with Gasteiger partial charge >= 0.3 is 0 Å². The first kappa shape index (κ1) is 8.77. The van der Waals surface area contributed by atoms with Crippen LogP contribution in [0.4, 0.5) is 0 Å². The highest BCUT2D eigenvalue weighted by Gasteiger charge is 2.09. The van der Waals surface area contributed by atoms with Crippen molar-refractivity contribution in [2.75, 3.05) is 6.54 Å². The van der Waals surface area contributed by atoms with Crippen LogP contribution in [0, 0.1) is 0 Å². The van der Waals surface area contributed by atoms with Gasteiger partial charge in [-0.15, -0.1) is 0 Å². The van der Waals surface area contributed by atoms with Gasteiger partial charge in [-0.2, -0.15) is 0 Å². The Labute approximate surface area is 73.3 Å². The molecule has 3 nitrogen and oxygen atoms in total. The maximum absolute atomic E-state index is 9.34. The Morgan fingerprint density at radius 3 is 2.91 bits per heavy atom. The van der Waals surface area contributed by atoms with Gasteiger partial charge in [0.1, 0.15) is 18.1 Å². The van der Waals surface area contributed by atoms with E-state index in [1.54, 1.807) is 6.07 Å². The molecule has 0 aromatic carbocycles. The molecule has 0 aliphatic heterocycles. The number of rotatable bonds is 3. The van der Waals surface area contributed by atoms with Gasteiger partial charge < -0.3 is 15.3 Å². The van der Waals surface area contributed by atoms with Gasteiger partial charge in [0, 0.05) is 0 Å². The molecule has 11 heavy (non-hydrogen) atoms. The van der Waals surface area contributed by atoms with Crippen molar-refractivity contribution in [3.8, 4) is 0 Å². The Kier molecular flexibility index (Phi) is 3.11. The van der Waals surface area contributed by atoms with Crippen LogP contribution in [0.2, 0.25) is 0 Å². The zero-order valence-electron chi connectivity index (χ0n) is 5.96. The van der Waals surface area contributed by atoms with Crippen LogP contribution >= 0.6 is 15.9 Å². The molecule has 0 fully saturated rings. The summed E-state index contributed by atoms with van der Waals surface area (Å²) in [6.07, 6.45) is 1.49. The van der Waals surface area contributed by atoms with E-state index in [2.05, 4.69) is 15.9 Å². The number of halogens is 1. The summed E-state index contributed by atoms with van der Waals surface area (Å²) in [5, 5.41) is 9.34.